The molecule has 1 N–H and O–H groups in total. The van der Waals surface area contributed by atoms with Crippen molar-refractivity contribution in [3.63, 3.8) is 0 Å². The summed E-state index contributed by atoms with van der Waals surface area (Å²) in [7, 11) is 3.48. The lowest BCUT2D eigenvalue weighted by Gasteiger charge is -2.18. The van der Waals surface area contributed by atoms with Crippen molar-refractivity contribution in [2.24, 2.45) is 7.05 Å². The van der Waals surface area contributed by atoms with Gasteiger partial charge in [0.05, 0.1) is 7.11 Å². The van der Waals surface area contributed by atoms with Crippen molar-refractivity contribution in [1.29, 1.82) is 0 Å². The Hall–Kier alpha value is -3.41. The molecule has 3 aromatic rings. The highest BCUT2D eigenvalue weighted by atomic mass is 19.1. The molecule has 138 valence electrons. The Bertz CT molecular complexity index is 931. The third-order valence-electron chi connectivity index (χ3n) is 4.15. The Balaban J connectivity index is 1.81. The van der Waals surface area contributed by atoms with Gasteiger partial charge in [0.15, 0.2) is 0 Å². The molecule has 5 nitrogen and oxygen atoms in total. The number of carbonyl (C=O) groups excluding carboxylic acids is 1. The number of aromatic nitrogens is 2. The number of hydrogen-bond acceptors (Lipinski definition) is 3. The van der Waals surface area contributed by atoms with Gasteiger partial charge in [-0.25, -0.2) is 9.37 Å². The number of halogens is 1. The minimum atomic E-state index is -0.415. The summed E-state index contributed by atoms with van der Waals surface area (Å²) in [5.41, 5.74) is 1.62. The van der Waals surface area contributed by atoms with E-state index in [2.05, 4.69) is 10.3 Å². The van der Waals surface area contributed by atoms with Crippen LogP contribution in [0.5, 0.6) is 5.75 Å². The van der Waals surface area contributed by atoms with E-state index in [1.54, 1.807) is 31.5 Å². The van der Waals surface area contributed by atoms with Crippen LogP contribution in [0.15, 0.2) is 67.0 Å². The van der Waals surface area contributed by atoms with Crippen LogP contribution in [-0.2, 0) is 11.8 Å². The summed E-state index contributed by atoms with van der Waals surface area (Å²) in [6.45, 7) is 0. The predicted octanol–water partition coefficient (Wildman–Crippen LogP) is 3.49. The van der Waals surface area contributed by atoms with Gasteiger partial charge < -0.3 is 14.6 Å². The number of nitrogens with zero attached hydrogens (tertiary/aromatic N) is 2. The van der Waals surface area contributed by atoms with Gasteiger partial charge in [0.1, 0.15) is 23.4 Å². The number of aryl methyl sites for hydroxylation is 1. The summed E-state index contributed by atoms with van der Waals surface area (Å²) in [6, 6.07) is 13.0. The maximum absolute atomic E-state index is 13.0. The second kappa shape index (κ2) is 8.31. The van der Waals surface area contributed by atoms with Gasteiger partial charge >= 0.3 is 0 Å². The average Bonchev–Trinajstić information content (AvgIpc) is 3.11. The lowest BCUT2D eigenvalue weighted by Crippen LogP contribution is -2.29. The van der Waals surface area contributed by atoms with E-state index < -0.39 is 6.04 Å². The molecule has 1 atom stereocenters. The minimum absolute atomic E-state index is 0.275. The normalized spacial score (nSPS) is 12.1. The number of benzene rings is 2. The van der Waals surface area contributed by atoms with Gasteiger partial charge in [0.25, 0.3) is 0 Å². The van der Waals surface area contributed by atoms with E-state index in [1.807, 2.05) is 42.1 Å². The molecule has 0 saturated carbocycles. The summed E-state index contributed by atoms with van der Waals surface area (Å²) in [6.07, 6.45) is 6.57. The molecule has 0 aliphatic rings. The lowest BCUT2D eigenvalue weighted by molar-refractivity contribution is -0.117. The Kier molecular flexibility index (Phi) is 5.66. The van der Waals surface area contributed by atoms with Crippen molar-refractivity contribution in [3.8, 4) is 5.75 Å². The van der Waals surface area contributed by atoms with Gasteiger partial charge in [-0.2, -0.15) is 0 Å². The molecule has 0 spiro atoms. The molecule has 0 bridgehead atoms. The van der Waals surface area contributed by atoms with Gasteiger partial charge in [-0.3, -0.25) is 4.79 Å². The molecule has 1 aromatic heterocycles. The second-order valence-corrected chi connectivity index (χ2v) is 6.00. The summed E-state index contributed by atoms with van der Waals surface area (Å²) in [5.74, 6) is 0.859. The number of ether oxygens (including phenoxy) is 1. The zero-order valence-corrected chi connectivity index (χ0v) is 15.1. The summed E-state index contributed by atoms with van der Waals surface area (Å²) >= 11 is 0. The van der Waals surface area contributed by atoms with Crippen molar-refractivity contribution in [3.05, 3.63) is 89.8 Å². The number of methoxy groups -OCH3 is 1. The van der Waals surface area contributed by atoms with Crippen LogP contribution < -0.4 is 10.1 Å². The topological polar surface area (TPSA) is 56.1 Å². The SMILES string of the molecule is COc1ccc(C(NC(=O)/C=C/c2ccc(F)cc2)c2nccn2C)cc1. The molecule has 0 saturated heterocycles. The van der Waals surface area contributed by atoms with Gasteiger partial charge in [-0.1, -0.05) is 24.3 Å². The molecule has 2 aromatic carbocycles. The second-order valence-electron chi connectivity index (χ2n) is 6.00. The molecular weight excluding hydrogens is 345 g/mol. The number of imidazole rings is 1. The third kappa shape index (κ3) is 4.61. The molecule has 0 aliphatic heterocycles. The fourth-order valence-corrected chi connectivity index (χ4v) is 2.68. The molecular formula is C21H20FN3O2. The number of carbonyl (C=O) groups is 1. The van der Waals surface area contributed by atoms with Crippen LogP contribution in [0.3, 0.4) is 0 Å². The highest BCUT2D eigenvalue weighted by Gasteiger charge is 2.19. The van der Waals surface area contributed by atoms with Crippen LogP contribution in [0.1, 0.15) is 23.0 Å². The van der Waals surface area contributed by atoms with Crippen LogP contribution in [0.25, 0.3) is 6.08 Å². The minimum Gasteiger partial charge on any atom is -0.497 e. The highest BCUT2D eigenvalue weighted by Crippen LogP contribution is 2.23. The number of amides is 1. The molecule has 0 radical (unpaired) electrons. The van der Waals surface area contributed by atoms with Crippen LogP contribution in [0.4, 0.5) is 4.39 Å². The van der Waals surface area contributed by atoms with E-state index in [0.717, 1.165) is 16.9 Å². The largest absolute Gasteiger partial charge is 0.497 e. The van der Waals surface area contributed by atoms with Gasteiger partial charge in [0, 0.05) is 25.5 Å². The number of rotatable bonds is 6. The summed E-state index contributed by atoms with van der Waals surface area (Å²) < 4.78 is 20.0. The predicted molar refractivity (Wildman–Crippen MR) is 102 cm³/mol. The van der Waals surface area contributed by atoms with Gasteiger partial charge in [-0.05, 0) is 41.5 Å². The van der Waals surface area contributed by atoms with Crippen molar-refractivity contribution >= 4 is 12.0 Å². The standard InChI is InChI=1S/C21H20FN3O2/c1-25-14-13-23-21(25)20(16-6-10-18(27-2)11-7-16)24-19(26)12-5-15-3-8-17(22)9-4-15/h3-14,20H,1-2H3,(H,24,26)/b12-5+. The first-order chi connectivity index (χ1) is 13.1. The van der Waals surface area contributed by atoms with Crippen molar-refractivity contribution in [2.45, 2.75) is 6.04 Å². The fourth-order valence-electron chi connectivity index (χ4n) is 2.68. The van der Waals surface area contributed by atoms with E-state index in [4.69, 9.17) is 4.74 Å². The van der Waals surface area contributed by atoms with Gasteiger partial charge in [0.2, 0.25) is 5.91 Å². The third-order valence-corrected chi connectivity index (χ3v) is 4.15. The van der Waals surface area contributed by atoms with Crippen molar-refractivity contribution < 1.29 is 13.9 Å². The van der Waals surface area contributed by atoms with Crippen LogP contribution in [0, 0.1) is 5.82 Å². The zero-order chi connectivity index (χ0) is 19.2. The Labute approximate surface area is 157 Å². The molecule has 1 unspecified atom stereocenters. The highest BCUT2D eigenvalue weighted by molar-refractivity contribution is 5.92. The van der Waals surface area contributed by atoms with Crippen LogP contribution in [0.2, 0.25) is 0 Å². The molecule has 0 fully saturated rings. The Morgan fingerprint density at radius 1 is 1.19 bits per heavy atom. The molecule has 27 heavy (non-hydrogen) atoms. The Morgan fingerprint density at radius 2 is 1.89 bits per heavy atom. The monoisotopic (exact) mass is 365 g/mol. The summed E-state index contributed by atoms with van der Waals surface area (Å²) in [4.78, 5) is 16.8. The smallest absolute Gasteiger partial charge is 0.244 e. The first-order valence-corrected chi connectivity index (χ1v) is 8.42. The van der Waals surface area contributed by atoms with E-state index in [0.29, 0.717) is 5.82 Å². The van der Waals surface area contributed by atoms with Crippen LogP contribution >= 0.6 is 0 Å². The van der Waals surface area contributed by atoms with E-state index >= 15 is 0 Å². The molecule has 1 amide bonds. The number of hydrogen-bond donors (Lipinski definition) is 1. The molecule has 3 rings (SSSR count). The summed E-state index contributed by atoms with van der Waals surface area (Å²) in [5, 5.41) is 2.97. The van der Waals surface area contributed by atoms with E-state index in [9.17, 15) is 9.18 Å². The fraction of sp³-hybridized carbons (Fsp3) is 0.143. The van der Waals surface area contributed by atoms with E-state index in [-0.39, 0.29) is 11.7 Å². The maximum Gasteiger partial charge on any atom is 0.244 e. The molecule has 1 heterocycles. The average molecular weight is 365 g/mol. The van der Waals surface area contributed by atoms with Crippen molar-refractivity contribution in [2.75, 3.05) is 7.11 Å². The van der Waals surface area contributed by atoms with Gasteiger partial charge in [-0.15, -0.1) is 0 Å². The lowest BCUT2D eigenvalue weighted by atomic mass is 10.1. The zero-order valence-electron chi connectivity index (χ0n) is 15.1. The maximum atomic E-state index is 13.0. The number of nitrogens with one attached hydrogen (secondary N) is 1. The quantitative estimate of drug-likeness (QED) is 0.681. The molecule has 0 aliphatic carbocycles. The van der Waals surface area contributed by atoms with Crippen molar-refractivity contribution in [1.82, 2.24) is 14.9 Å². The Morgan fingerprint density at radius 3 is 2.48 bits per heavy atom. The van der Waals surface area contributed by atoms with Crippen LogP contribution in [-0.4, -0.2) is 22.6 Å². The first-order valence-electron chi connectivity index (χ1n) is 8.42. The van der Waals surface area contributed by atoms with E-state index in [1.165, 1.54) is 18.2 Å². The first kappa shape index (κ1) is 18.4. The molecule has 6 heteroatoms.